The molecular formula is C10H14BrN3OS. The van der Waals surface area contributed by atoms with Crippen LogP contribution in [0.15, 0.2) is 15.6 Å². The molecule has 6 heteroatoms. The van der Waals surface area contributed by atoms with E-state index in [0.29, 0.717) is 15.0 Å². The Labute approximate surface area is 107 Å². The van der Waals surface area contributed by atoms with Crippen LogP contribution in [0.3, 0.4) is 0 Å². The van der Waals surface area contributed by atoms with E-state index in [1.54, 1.807) is 0 Å². The minimum atomic E-state index is -0.122. The highest BCUT2D eigenvalue weighted by atomic mass is 79.9. The van der Waals surface area contributed by atoms with Crippen LogP contribution in [0.2, 0.25) is 0 Å². The summed E-state index contributed by atoms with van der Waals surface area (Å²) in [5, 5.41) is 1.13. The molecule has 2 heterocycles. The van der Waals surface area contributed by atoms with Crippen LogP contribution < -0.4 is 10.5 Å². The van der Waals surface area contributed by atoms with E-state index in [1.807, 2.05) is 11.8 Å². The molecule has 88 valence electrons. The number of aromatic amines is 1. The molecule has 0 radical (unpaired) electrons. The van der Waals surface area contributed by atoms with E-state index in [2.05, 4.69) is 44.6 Å². The van der Waals surface area contributed by atoms with Crippen LogP contribution in [0.4, 0.5) is 5.82 Å². The topological polar surface area (TPSA) is 49.0 Å². The van der Waals surface area contributed by atoms with Gasteiger partial charge in [0, 0.05) is 23.6 Å². The highest BCUT2D eigenvalue weighted by molar-refractivity contribution is 9.10. The number of thioether (sulfide) groups is 1. The number of anilines is 1. The van der Waals surface area contributed by atoms with Crippen molar-refractivity contribution in [3.05, 3.63) is 21.2 Å². The fraction of sp³-hybridized carbons (Fsp3) is 0.600. The maximum absolute atomic E-state index is 11.5. The molecule has 16 heavy (non-hydrogen) atoms. The summed E-state index contributed by atoms with van der Waals surface area (Å²) >= 11 is 5.28. The third-order valence-electron chi connectivity index (χ3n) is 2.50. The van der Waals surface area contributed by atoms with E-state index >= 15 is 0 Å². The lowest BCUT2D eigenvalue weighted by Crippen LogP contribution is -2.41. The standard InChI is InChI=1S/C10H14BrN3OS/c1-6-3-14(4-7(2)16-6)9-8(11)10(15)13-5-12-9/h5-7H,3-4H2,1-2H3,(H,12,13,15). The zero-order valence-electron chi connectivity index (χ0n) is 9.24. The van der Waals surface area contributed by atoms with Crippen molar-refractivity contribution in [1.82, 2.24) is 9.97 Å². The summed E-state index contributed by atoms with van der Waals surface area (Å²) in [5.74, 6) is 0.753. The molecule has 1 fully saturated rings. The smallest absolute Gasteiger partial charge is 0.267 e. The lowest BCUT2D eigenvalue weighted by Gasteiger charge is -2.35. The molecule has 0 bridgehead atoms. The number of aromatic nitrogens is 2. The molecule has 4 nitrogen and oxygen atoms in total. The summed E-state index contributed by atoms with van der Waals surface area (Å²) in [6.45, 7) is 6.27. The minimum Gasteiger partial charge on any atom is -0.353 e. The molecule has 1 N–H and O–H groups in total. The molecule has 0 aliphatic carbocycles. The highest BCUT2D eigenvalue weighted by Crippen LogP contribution is 2.29. The van der Waals surface area contributed by atoms with Crippen LogP contribution >= 0.6 is 27.7 Å². The van der Waals surface area contributed by atoms with Gasteiger partial charge in [0.2, 0.25) is 0 Å². The van der Waals surface area contributed by atoms with E-state index in [9.17, 15) is 4.79 Å². The summed E-state index contributed by atoms with van der Waals surface area (Å²) in [5.41, 5.74) is -0.122. The number of rotatable bonds is 1. The quantitative estimate of drug-likeness (QED) is 0.860. The van der Waals surface area contributed by atoms with E-state index in [4.69, 9.17) is 0 Å². The molecule has 0 saturated carbocycles. The minimum absolute atomic E-state index is 0.122. The molecule has 2 unspecified atom stereocenters. The van der Waals surface area contributed by atoms with Gasteiger partial charge in [-0.1, -0.05) is 13.8 Å². The fourth-order valence-corrected chi connectivity index (χ4v) is 3.74. The molecular weight excluding hydrogens is 290 g/mol. The van der Waals surface area contributed by atoms with Gasteiger partial charge in [0.25, 0.3) is 5.56 Å². The zero-order chi connectivity index (χ0) is 11.7. The second kappa shape index (κ2) is 4.79. The second-order valence-corrected chi connectivity index (χ2v) is 6.71. The van der Waals surface area contributed by atoms with Gasteiger partial charge in [-0.25, -0.2) is 4.98 Å². The van der Waals surface area contributed by atoms with Crippen LogP contribution in [0.5, 0.6) is 0 Å². The van der Waals surface area contributed by atoms with Gasteiger partial charge in [0.1, 0.15) is 10.3 Å². The van der Waals surface area contributed by atoms with E-state index in [-0.39, 0.29) is 5.56 Å². The van der Waals surface area contributed by atoms with Crippen molar-refractivity contribution < 1.29 is 0 Å². The van der Waals surface area contributed by atoms with Crippen LogP contribution in [-0.4, -0.2) is 33.6 Å². The van der Waals surface area contributed by atoms with Crippen molar-refractivity contribution in [1.29, 1.82) is 0 Å². The predicted molar refractivity (Wildman–Crippen MR) is 71.3 cm³/mol. The Kier molecular flexibility index (Phi) is 3.59. The van der Waals surface area contributed by atoms with Gasteiger partial charge in [0.05, 0.1) is 6.33 Å². The van der Waals surface area contributed by atoms with Crippen molar-refractivity contribution in [2.24, 2.45) is 0 Å². The second-order valence-electron chi connectivity index (χ2n) is 4.03. The molecule has 1 aliphatic heterocycles. The largest absolute Gasteiger partial charge is 0.353 e. The summed E-state index contributed by atoms with van der Waals surface area (Å²) in [4.78, 5) is 20.4. The highest BCUT2D eigenvalue weighted by Gasteiger charge is 2.25. The van der Waals surface area contributed by atoms with Crippen LogP contribution in [0, 0.1) is 0 Å². The number of nitrogens with one attached hydrogen (secondary N) is 1. The normalized spacial score (nSPS) is 25.8. The molecule has 1 aromatic rings. The maximum Gasteiger partial charge on any atom is 0.267 e. The monoisotopic (exact) mass is 303 g/mol. The number of nitrogens with zero attached hydrogens (tertiary/aromatic N) is 2. The van der Waals surface area contributed by atoms with Gasteiger partial charge < -0.3 is 9.88 Å². The van der Waals surface area contributed by atoms with Crippen molar-refractivity contribution in [3.63, 3.8) is 0 Å². The lowest BCUT2D eigenvalue weighted by molar-refractivity contribution is 0.714. The predicted octanol–water partition coefficient (Wildman–Crippen LogP) is 1.86. The molecule has 0 amide bonds. The number of H-pyrrole nitrogens is 1. The first-order valence-corrected chi connectivity index (χ1v) is 6.95. The molecule has 1 aromatic heterocycles. The van der Waals surface area contributed by atoms with Gasteiger partial charge in [-0.3, -0.25) is 4.79 Å². The van der Waals surface area contributed by atoms with E-state index < -0.39 is 0 Å². The third-order valence-corrected chi connectivity index (χ3v) is 4.44. The van der Waals surface area contributed by atoms with Crippen LogP contribution in [-0.2, 0) is 0 Å². The Bertz CT molecular complexity index is 426. The summed E-state index contributed by atoms with van der Waals surface area (Å²) in [7, 11) is 0. The number of hydrogen-bond acceptors (Lipinski definition) is 4. The first-order valence-electron chi connectivity index (χ1n) is 5.21. The summed E-state index contributed by atoms with van der Waals surface area (Å²) in [6, 6.07) is 0. The summed E-state index contributed by atoms with van der Waals surface area (Å²) < 4.78 is 0.529. The Morgan fingerprint density at radius 3 is 2.75 bits per heavy atom. The van der Waals surface area contributed by atoms with Crippen LogP contribution in [0.25, 0.3) is 0 Å². The lowest BCUT2D eigenvalue weighted by atomic mass is 10.3. The van der Waals surface area contributed by atoms with E-state index in [0.717, 1.165) is 18.9 Å². The fourth-order valence-electron chi connectivity index (χ4n) is 1.94. The van der Waals surface area contributed by atoms with Crippen molar-refractivity contribution in [2.75, 3.05) is 18.0 Å². The van der Waals surface area contributed by atoms with Gasteiger partial charge in [-0.2, -0.15) is 11.8 Å². The van der Waals surface area contributed by atoms with Gasteiger partial charge in [0.15, 0.2) is 0 Å². The third kappa shape index (κ3) is 2.43. The van der Waals surface area contributed by atoms with Gasteiger partial charge >= 0.3 is 0 Å². The summed E-state index contributed by atoms with van der Waals surface area (Å²) in [6.07, 6.45) is 1.46. The molecule has 2 atom stereocenters. The maximum atomic E-state index is 11.5. The zero-order valence-corrected chi connectivity index (χ0v) is 11.6. The van der Waals surface area contributed by atoms with E-state index in [1.165, 1.54) is 6.33 Å². The average molecular weight is 304 g/mol. The molecule has 1 aliphatic rings. The Balaban J connectivity index is 2.30. The van der Waals surface area contributed by atoms with Gasteiger partial charge in [-0.15, -0.1) is 0 Å². The first-order chi connectivity index (χ1) is 7.58. The molecule has 2 rings (SSSR count). The van der Waals surface area contributed by atoms with Crippen molar-refractivity contribution >= 4 is 33.5 Å². The van der Waals surface area contributed by atoms with Crippen LogP contribution in [0.1, 0.15) is 13.8 Å². The molecule has 0 spiro atoms. The molecule has 1 saturated heterocycles. The Morgan fingerprint density at radius 1 is 1.50 bits per heavy atom. The SMILES string of the molecule is CC1CN(c2nc[nH]c(=O)c2Br)CC(C)S1. The Hall–Kier alpha value is -0.490. The average Bonchev–Trinajstić information content (AvgIpc) is 2.20. The Morgan fingerprint density at radius 2 is 2.12 bits per heavy atom. The van der Waals surface area contributed by atoms with Gasteiger partial charge in [-0.05, 0) is 15.9 Å². The number of hydrogen-bond donors (Lipinski definition) is 1. The molecule has 0 aromatic carbocycles. The van der Waals surface area contributed by atoms with Crippen molar-refractivity contribution in [2.45, 2.75) is 24.3 Å². The van der Waals surface area contributed by atoms with Crippen molar-refractivity contribution in [3.8, 4) is 0 Å². The first kappa shape index (κ1) is 12.0. The number of halogens is 1.